The van der Waals surface area contributed by atoms with Gasteiger partial charge in [0, 0.05) is 24.3 Å². The summed E-state index contributed by atoms with van der Waals surface area (Å²) in [5.41, 5.74) is 0. The predicted octanol–water partition coefficient (Wildman–Crippen LogP) is 2.18. The molecule has 1 atom stereocenters. The monoisotopic (exact) mass is 298 g/mol. The summed E-state index contributed by atoms with van der Waals surface area (Å²) < 4.78 is 0. The second-order valence-corrected chi connectivity index (χ2v) is 6.99. The van der Waals surface area contributed by atoms with Gasteiger partial charge in [0.1, 0.15) is 6.04 Å². The molecule has 4 nitrogen and oxygen atoms in total. The van der Waals surface area contributed by atoms with Crippen LogP contribution in [0.5, 0.6) is 0 Å². The highest BCUT2D eigenvalue weighted by atomic mass is 32.2. The van der Waals surface area contributed by atoms with Gasteiger partial charge in [0.2, 0.25) is 11.8 Å². The Kier molecular flexibility index (Phi) is 5.75. The fourth-order valence-electron chi connectivity index (χ4n) is 3.30. The third-order valence-electron chi connectivity index (χ3n) is 4.49. The van der Waals surface area contributed by atoms with Gasteiger partial charge in [-0.1, -0.05) is 13.3 Å². The van der Waals surface area contributed by atoms with E-state index >= 15 is 0 Å². The maximum atomic E-state index is 12.6. The lowest BCUT2D eigenvalue weighted by Gasteiger charge is -2.37. The lowest BCUT2D eigenvalue weighted by molar-refractivity contribution is -0.136. The first kappa shape index (κ1) is 15.7. The molecule has 0 spiro atoms. The minimum Gasteiger partial charge on any atom is -0.344 e. The van der Waals surface area contributed by atoms with Crippen LogP contribution in [0.4, 0.5) is 0 Å². The summed E-state index contributed by atoms with van der Waals surface area (Å²) in [5.74, 6) is 0.169. The van der Waals surface area contributed by atoms with Gasteiger partial charge in [0.15, 0.2) is 0 Å². The summed E-state index contributed by atoms with van der Waals surface area (Å²) in [6, 6.07) is 0.0474. The number of hydrogen-bond donors (Lipinski definition) is 1. The van der Waals surface area contributed by atoms with Crippen LogP contribution in [0.15, 0.2) is 0 Å². The molecule has 0 aromatic rings. The zero-order valence-electron chi connectivity index (χ0n) is 12.6. The molecular formula is C15H26N2O2S. The van der Waals surface area contributed by atoms with Crippen LogP contribution in [0.3, 0.4) is 0 Å². The summed E-state index contributed by atoms with van der Waals surface area (Å²) >= 11 is 1.94. The molecule has 2 fully saturated rings. The van der Waals surface area contributed by atoms with Crippen molar-refractivity contribution in [3.63, 3.8) is 0 Å². The minimum atomic E-state index is -0.298. The molecule has 1 saturated heterocycles. The van der Waals surface area contributed by atoms with Crippen molar-refractivity contribution in [3.8, 4) is 0 Å². The Bertz CT molecular complexity index is 354. The lowest BCUT2D eigenvalue weighted by atomic mass is 9.93. The summed E-state index contributed by atoms with van der Waals surface area (Å²) in [6.07, 6.45) is 8.85. The molecule has 20 heavy (non-hydrogen) atoms. The van der Waals surface area contributed by atoms with Crippen LogP contribution in [-0.2, 0) is 9.59 Å². The van der Waals surface area contributed by atoms with Crippen molar-refractivity contribution in [1.82, 2.24) is 10.2 Å². The van der Waals surface area contributed by atoms with Crippen LogP contribution in [0.25, 0.3) is 0 Å². The van der Waals surface area contributed by atoms with E-state index < -0.39 is 0 Å². The zero-order chi connectivity index (χ0) is 14.5. The highest BCUT2D eigenvalue weighted by Crippen LogP contribution is 2.30. The first-order chi connectivity index (χ1) is 9.65. The quantitative estimate of drug-likeness (QED) is 0.865. The Balaban J connectivity index is 2.02. The number of thioether (sulfide) groups is 1. The zero-order valence-corrected chi connectivity index (χ0v) is 13.4. The van der Waals surface area contributed by atoms with E-state index in [9.17, 15) is 9.59 Å². The van der Waals surface area contributed by atoms with E-state index in [0.717, 1.165) is 30.9 Å². The summed E-state index contributed by atoms with van der Waals surface area (Å²) in [7, 11) is 0. The van der Waals surface area contributed by atoms with E-state index in [-0.39, 0.29) is 17.9 Å². The average molecular weight is 298 g/mol. The molecule has 2 rings (SSSR count). The van der Waals surface area contributed by atoms with Gasteiger partial charge < -0.3 is 10.2 Å². The van der Waals surface area contributed by atoms with E-state index in [1.807, 2.05) is 16.7 Å². The number of carbonyl (C=O) groups excluding carboxylic acids is 2. The molecule has 1 aliphatic heterocycles. The van der Waals surface area contributed by atoms with Crippen molar-refractivity contribution in [2.45, 2.75) is 69.2 Å². The summed E-state index contributed by atoms with van der Waals surface area (Å²) in [5, 5.41) is 3.63. The van der Waals surface area contributed by atoms with Crippen LogP contribution in [0, 0.1) is 0 Å². The van der Waals surface area contributed by atoms with Crippen LogP contribution in [0.1, 0.15) is 51.9 Å². The van der Waals surface area contributed by atoms with Gasteiger partial charge in [0.05, 0.1) is 0 Å². The molecule has 0 aromatic carbocycles. The first-order valence-corrected chi connectivity index (χ1v) is 9.07. The maximum Gasteiger partial charge on any atom is 0.245 e. The van der Waals surface area contributed by atoms with E-state index in [1.165, 1.54) is 12.8 Å². The Labute approximate surface area is 126 Å². The van der Waals surface area contributed by atoms with Gasteiger partial charge in [-0.25, -0.2) is 0 Å². The van der Waals surface area contributed by atoms with E-state index in [0.29, 0.717) is 19.0 Å². The summed E-state index contributed by atoms with van der Waals surface area (Å²) in [6.45, 7) is 2.65. The van der Waals surface area contributed by atoms with Crippen molar-refractivity contribution in [1.29, 1.82) is 0 Å². The molecule has 1 saturated carbocycles. The van der Waals surface area contributed by atoms with Crippen molar-refractivity contribution < 1.29 is 9.59 Å². The lowest BCUT2D eigenvalue weighted by Crippen LogP contribution is -2.49. The highest BCUT2D eigenvalue weighted by Gasteiger charge is 2.34. The third kappa shape index (κ3) is 3.68. The topological polar surface area (TPSA) is 49.4 Å². The third-order valence-corrected chi connectivity index (χ3v) is 5.63. The predicted molar refractivity (Wildman–Crippen MR) is 82.7 cm³/mol. The van der Waals surface area contributed by atoms with Gasteiger partial charge in [0.25, 0.3) is 0 Å². The smallest absolute Gasteiger partial charge is 0.245 e. The minimum absolute atomic E-state index is 0.0251. The number of nitrogens with zero attached hydrogens (tertiary/aromatic N) is 1. The Morgan fingerprint density at radius 3 is 2.55 bits per heavy atom. The molecule has 2 aliphatic rings. The highest BCUT2D eigenvalue weighted by molar-refractivity contribution is 7.99. The molecule has 1 aliphatic carbocycles. The molecule has 114 valence electrons. The molecule has 1 heterocycles. The van der Waals surface area contributed by atoms with Crippen molar-refractivity contribution in [2.24, 2.45) is 0 Å². The van der Waals surface area contributed by atoms with Gasteiger partial charge in [-0.2, -0.15) is 11.8 Å². The van der Waals surface area contributed by atoms with Gasteiger partial charge in [-0.05, 0) is 38.4 Å². The van der Waals surface area contributed by atoms with Crippen LogP contribution in [0.2, 0.25) is 0 Å². The molecule has 5 heteroatoms. The molecular weight excluding hydrogens is 272 g/mol. The van der Waals surface area contributed by atoms with Crippen LogP contribution < -0.4 is 5.32 Å². The number of amides is 2. The molecule has 0 radical (unpaired) electrons. The number of hydrogen-bond acceptors (Lipinski definition) is 3. The van der Waals surface area contributed by atoms with Crippen molar-refractivity contribution in [2.75, 3.05) is 12.8 Å². The van der Waals surface area contributed by atoms with E-state index in [1.54, 1.807) is 0 Å². The average Bonchev–Trinajstić information content (AvgIpc) is 2.60. The van der Waals surface area contributed by atoms with Crippen LogP contribution in [-0.4, -0.2) is 46.8 Å². The Morgan fingerprint density at radius 1 is 1.25 bits per heavy atom. The Hall–Kier alpha value is -0.710. The standard InChI is InChI=1S/C15H26N2O2S/c1-3-4-13-15(19)17(10-9-14(18)16-13)11-5-7-12(20-2)8-6-11/h11-13H,3-10H2,1-2H3,(H,16,18). The van der Waals surface area contributed by atoms with Gasteiger partial charge >= 0.3 is 0 Å². The van der Waals surface area contributed by atoms with Crippen molar-refractivity contribution >= 4 is 23.6 Å². The fraction of sp³-hybridized carbons (Fsp3) is 0.867. The number of rotatable bonds is 4. The number of nitrogens with one attached hydrogen (secondary N) is 1. The van der Waals surface area contributed by atoms with Crippen molar-refractivity contribution in [3.05, 3.63) is 0 Å². The SMILES string of the molecule is CCCC1NC(=O)CCN(C2CCC(SC)CC2)C1=O. The second kappa shape index (κ2) is 7.34. The van der Waals surface area contributed by atoms with E-state index in [2.05, 4.69) is 18.5 Å². The largest absolute Gasteiger partial charge is 0.344 e. The summed E-state index contributed by atoms with van der Waals surface area (Å²) in [4.78, 5) is 26.4. The van der Waals surface area contributed by atoms with E-state index in [4.69, 9.17) is 0 Å². The molecule has 1 unspecified atom stereocenters. The fourth-order valence-corrected chi connectivity index (χ4v) is 4.04. The maximum absolute atomic E-state index is 12.6. The van der Waals surface area contributed by atoms with Gasteiger partial charge in [-0.3, -0.25) is 9.59 Å². The Morgan fingerprint density at radius 2 is 1.95 bits per heavy atom. The molecule has 1 N–H and O–H groups in total. The van der Waals surface area contributed by atoms with Crippen LogP contribution >= 0.6 is 11.8 Å². The molecule has 0 bridgehead atoms. The number of carbonyl (C=O) groups is 2. The molecule has 0 aromatic heterocycles. The first-order valence-electron chi connectivity index (χ1n) is 7.78. The second-order valence-electron chi connectivity index (χ2n) is 5.86. The normalized spacial score (nSPS) is 31.9. The molecule has 2 amide bonds. The van der Waals surface area contributed by atoms with Gasteiger partial charge in [-0.15, -0.1) is 0 Å².